The zero-order chi connectivity index (χ0) is 27.7. The molecule has 1 fully saturated rings. The Hall–Kier alpha value is -3.82. The highest BCUT2D eigenvalue weighted by atomic mass is 19.4. The summed E-state index contributed by atoms with van der Waals surface area (Å²) in [5, 5.41) is 6.33. The maximum Gasteiger partial charge on any atom is 0.573 e. The van der Waals surface area contributed by atoms with Crippen molar-refractivity contribution in [3.05, 3.63) is 89.5 Å². The first-order chi connectivity index (χ1) is 18.7. The van der Waals surface area contributed by atoms with Crippen LogP contribution in [0.4, 0.5) is 24.5 Å². The predicted octanol–water partition coefficient (Wildman–Crippen LogP) is 5.87. The summed E-state index contributed by atoms with van der Waals surface area (Å²) in [6.07, 6.45) is -0.292. The fraction of sp³-hybridized carbons (Fsp3) is 0.300. The summed E-state index contributed by atoms with van der Waals surface area (Å²) >= 11 is 0. The van der Waals surface area contributed by atoms with Crippen LogP contribution >= 0.6 is 0 Å². The number of carbonyl (C=O) groups is 1. The lowest BCUT2D eigenvalue weighted by Gasteiger charge is -2.32. The number of likely N-dealkylation sites (N-methyl/N-ethyl adjacent to an activating group) is 1. The van der Waals surface area contributed by atoms with Crippen molar-refractivity contribution in [2.45, 2.75) is 12.8 Å². The van der Waals surface area contributed by atoms with Crippen molar-refractivity contribution < 1.29 is 22.7 Å². The molecule has 4 rings (SSSR count). The van der Waals surface area contributed by atoms with Crippen molar-refractivity contribution in [2.24, 2.45) is 0 Å². The maximum absolute atomic E-state index is 12.7. The number of nitrogens with zero attached hydrogens (tertiary/aromatic N) is 2. The molecule has 0 aliphatic carbocycles. The van der Waals surface area contributed by atoms with E-state index in [4.69, 9.17) is 0 Å². The topological polar surface area (TPSA) is 56.8 Å². The Balaban J connectivity index is 1.30. The Morgan fingerprint density at radius 2 is 1.54 bits per heavy atom. The Morgan fingerprint density at radius 3 is 2.26 bits per heavy atom. The van der Waals surface area contributed by atoms with Gasteiger partial charge in [0.05, 0.1) is 0 Å². The molecule has 206 valence electrons. The predicted molar refractivity (Wildman–Crippen MR) is 149 cm³/mol. The van der Waals surface area contributed by atoms with E-state index in [2.05, 4.69) is 32.2 Å². The number of anilines is 2. The Morgan fingerprint density at radius 1 is 0.897 bits per heavy atom. The number of nitrogens with one attached hydrogen (secondary N) is 2. The Kier molecular flexibility index (Phi) is 9.62. The number of rotatable bonds is 10. The van der Waals surface area contributed by atoms with E-state index in [0.29, 0.717) is 17.7 Å². The normalized spacial score (nSPS) is 14.9. The molecule has 0 bridgehead atoms. The molecule has 6 nitrogen and oxygen atoms in total. The molecular weight excluding hydrogens is 505 g/mol. The summed E-state index contributed by atoms with van der Waals surface area (Å²) in [7, 11) is 2.14. The molecule has 3 aromatic carbocycles. The number of alkyl halides is 3. The molecule has 1 heterocycles. The van der Waals surface area contributed by atoms with Crippen LogP contribution in [0.3, 0.4) is 0 Å². The van der Waals surface area contributed by atoms with Gasteiger partial charge in [0.25, 0.3) is 5.91 Å². The highest BCUT2D eigenvalue weighted by molar-refractivity contribution is 5.95. The molecule has 0 unspecified atom stereocenters. The zero-order valence-electron chi connectivity index (χ0n) is 21.9. The smallest absolute Gasteiger partial charge is 0.406 e. The summed E-state index contributed by atoms with van der Waals surface area (Å²) in [6.45, 7) is 5.91. The zero-order valence-corrected chi connectivity index (χ0v) is 21.9. The fourth-order valence-corrected chi connectivity index (χ4v) is 4.31. The third kappa shape index (κ3) is 9.46. The Bertz CT molecular complexity index is 1270. The van der Waals surface area contributed by atoms with Gasteiger partial charge in [-0.05, 0) is 73.6 Å². The van der Waals surface area contributed by atoms with Crippen LogP contribution in [0.2, 0.25) is 0 Å². The van der Waals surface area contributed by atoms with Gasteiger partial charge in [-0.25, -0.2) is 0 Å². The number of carbonyl (C=O) groups excluding carboxylic acids is 1. The van der Waals surface area contributed by atoms with Gasteiger partial charge in [-0.2, -0.15) is 0 Å². The first-order valence-corrected chi connectivity index (χ1v) is 12.9. The number of amides is 1. The number of hydrogen-bond acceptors (Lipinski definition) is 5. The standard InChI is InChI=1S/C30H33F3N4O2/c1-36-16-18-37(19-17-36)15-5-14-34-29(38)25-8-4-10-27(22-25)35-26-9-2-6-23(20-26)12-13-24-7-3-11-28(21-24)39-30(31,32)33/h2-4,6-13,20-22,35H,5,14-19H2,1H3,(H,34,38)/b13-12+. The largest absolute Gasteiger partial charge is 0.573 e. The molecular formula is C30H33F3N4O2. The van der Waals surface area contributed by atoms with Crippen LogP contribution in [0.25, 0.3) is 12.2 Å². The van der Waals surface area contributed by atoms with Gasteiger partial charge in [-0.1, -0.05) is 42.5 Å². The first-order valence-electron chi connectivity index (χ1n) is 12.9. The summed E-state index contributed by atoms with van der Waals surface area (Å²) in [5.41, 5.74) is 3.61. The molecule has 3 aromatic rings. The average molecular weight is 539 g/mol. The number of hydrogen-bond donors (Lipinski definition) is 2. The molecule has 1 saturated heterocycles. The minimum Gasteiger partial charge on any atom is -0.406 e. The molecule has 0 radical (unpaired) electrons. The van der Waals surface area contributed by atoms with Crippen molar-refractivity contribution in [1.29, 1.82) is 0 Å². The van der Waals surface area contributed by atoms with E-state index >= 15 is 0 Å². The minimum absolute atomic E-state index is 0.106. The van der Waals surface area contributed by atoms with Crippen molar-refractivity contribution >= 4 is 29.4 Å². The molecule has 0 saturated carbocycles. The number of ether oxygens (including phenoxy) is 1. The van der Waals surface area contributed by atoms with Crippen molar-refractivity contribution in [3.8, 4) is 5.75 Å². The number of benzene rings is 3. The minimum atomic E-state index is -4.73. The second-order valence-electron chi connectivity index (χ2n) is 9.54. The van der Waals surface area contributed by atoms with E-state index in [1.54, 1.807) is 18.2 Å². The van der Waals surface area contributed by atoms with Gasteiger partial charge in [-0.15, -0.1) is 13.2 Å². The summed E-state index contributed by atoms with van der Waals surface area (Å²) < 4.78 is 41.5. The lowest BCUT2D eigenvalue weighted by molar-refractivity contribution is -0.274. The van der Waals surface area contributed by atoms with Crippen LogP contribution in [-0.2, 0) is 0 Å². The monoisotopic (exact) mass is 538 g/mol. The second kappa shape index (κ2) is 13.3. The van der Waals surface area contributed by atoms with Gasteiger partial charge in [0, 0.05) is 49.7 Å². The van der Waals surface area contributed by atoms with E-state index in [1.165, 1.54) is 18.2 Å². The highest BCUT2D eigenvalue weighted by Crippen LogP contribution is 2.25. The number of halogens is 3. The van der Waals surface area contributed by atoms with E-state index in [0.717, 1.165) is 56.1 Å². The number of piperazine rings is 1. The molecule has 39 heavy (non-hydrogen) atoms. The molecule has 2 N–H and O–H groups in total. The molecule has 1 amide bonds. The first kappa shape index (κ1) is 28.2. The second-order valence-corrected chi connectivity index (χ2v) is 9.54. The molecule has 1 aliphatic rings. The lowest BCUT2D eigenvalue weighted by atomic mass is 10.1. The molecule has 0 atom stereocenters. The highest BCUT2D eigenvalue weighted by Gasteiger charge is 2.31. The summed E-state index contributed by atoms with van der Waals surface area (Å²) in [6, 6.07) is 20.7. The van der Waals surface area contributed by atoms with Crippen molar-refractivity contribution in [1.82, 2.24) is 15.1 Å². The lowest BCUT2D eigenvalue weighted by Crippen LogP contribution is -2.45. The van der Waals surface area contributed by atoms with Gasteiger partial charge < -0.3 is 25.2 Å². The fourth-order valence-electron chi connectivity index (χ4n) is 4.31. The van der Waals surface area contributed by atoms with Crippen LogP contribution < -0.4 is 15.4 Å². The molecule has 0 aromatic heterocycles. The van der Waals surface area contributed by atoms with E-state index in [1.807, 2.05) is 48.5 Å². The maximum atomic E-state index is 12.7. The van der Waals surface area contributed by atoms with Gasteiger partial charge in [0.2, 0.25) is 0 Å². The van der Waals surface area contributed by atoms with E-state index in [-0.39, 0.29) is 11.7 Å². The molecule has 0 spiro atoms. The SMILES string of the molecule is CN1CCN(CCCNC(=O)c2cccc(Nc3cccc(/C=C/c4cccc(OC(F)(F)F)c4)c3)c2)CC1. The third-order valence-electron chi connectivity index (χ3n) is 6.39. The van der Waals surface area contributed by atoms with Crippen LogP contribution in [0.5, 0.6) is 5.75 Å². The van der Waals surface area contributed by atoms with Crippen LogP contribution in [0.1, 0.15) is 27.9 Å². The van der Waals surface area contributed by atoms with Crippen LogP contribution in [0.15, 0.2) is 72.8 Å². The van der Waals surface area contributed by atoms with Crippen molar-refractivity contribution in [2.75, 3.05) is 51.6 Å². The van der Waals surface area contributed by atoms with Gasteiger partial charge >= 0.3 is 6.36 Å². The molecule has 1 aliphatic heterocycles. The quantitative estimate of drug-likeness (QED) is 0.250. The van der Waals surface area contributed by atoms with Gasteiger partial charge in [0.15, 0.2) is 0 Å². The average Bonchev–Trinajstić information content (AvgIpc) is 2.90. The van der Waals surface area contributed by atoms with Crippen LogP contribution in [-0.4, -0.2) is 68.4 Å². The third-order valence-corrected chi connectivity index (χ3v) is 6.39. The van der Waals surface area contributed by atoms with Gasteiger partial charge in [-0.3, -0.25) is 4.79 Å². The molecule has 9 heteroatoms. The summed E-state index contributed by atoms with van der Waals surface area (Å²) in [4.78, 5) is 17.4. The van der Waals surface area contributed by atoms with Crippen LogP contribution in [0, 0.1) is 0 Å². The summed E-state index contributed by atoms with van der Waals surface area (Å²) in [5.74, 6) is -0.371. The Labute approximate surface area is 227 Å². The van der Waals surface area contributed by atoms with E-state index in [9.17, 15) is 18.0 Å². The van der Waals surface area contributed by atoms with E-state index < -0.39 is 6.36 Å². The van der Waals surface area contributed by atoms with Crippen molar-refractivity contribution in [3.63, 3.8) is 0 Å². The van der Waals surface area contributed by atoms with Gasteiger partial charge in [0.1, 0.15) is 5.75 Å².